The maximum atomic E-state index is 5.67. The summed E-state index contributed by atoms with van der Waals surface area (Å²) in [5.41, 5.74) is 6.36. The van der Waals surface area contributed by atoms with Crippen molar-refractivity contribution in [2.45, 2.75) is 6.54 Å². The summed E-state index contributed by atoms with van der Waals surface area (Å²) in [6.07, 6.45) is 0. The zero-order valence-electron chi connectivity index (χ0n) is 4.23. The van der Waals surface area contributed by atoms with E-state index < -0.39 is 0 Å². The Morgan fingerprint density at radius 1 is 1.62 bits per heavy atom. The van der Waals surface area contributed by atoms with Crippen LogP contribution in [0, 0.1) is 0 Å². The molecule has 1 nitrogen and oxygen atoms in total. The van der Waals surface area contributed by atoms with E-state index in [9.17, 15) is 0 Å². The fourth-order valence-corrected chi connectivity index (χ4v) is 1.53. The van der Waals surface area contributed by atoms with Crippen LogP contribution in [0.3, 0.4) is 0 Å². The molecule has 44 valence electrons. The molecule has 1 rings (SSSR count). The summed E-state index contributed by atoms with van der Waals surface area (Å²) >= 11 is 7.25. The minimum Gasteiger partial charge on any atom is -0.326 e. The Bertz CT molecular complexity index is 173. The smallest absolute Gasteiger partial charge is 0.0557 e. The van der Waals surface area contributed by atoms with Gasteiger partial charge >= 0.3 is 0 Å². The SMILES string of the molecule is NCc1cscc1Cl. The molecule has 0 saturated heterocycles. The number of halogens is 1. The molecule has 0 spiro atoms. The third-order valence-electron chi connectivity index (χ3n) is 0.908. The monoisotopic (exact) mass is 147 g/mol. The fraction of sp³-hybridized carbons (Fsp3) is 0.200. The maximum Gasteiger partial charge on any atom is 0.0557 e. The molecule has 1 heterocycles. The van der Waals surface area contributed by atoms with Crippen molar-refractivity contribution < 1.29 is 0 Å². The molecule has 0 radical (unpaired) electrons. The molecule has 0 aromatic carbocycles. The first-order valence-corrected chi connectivity index (χ1v) is 3.57. The molecule has 0 aliphatic rings. The highest BCUT2D eigenvalue weighted by molar-refractivity contribution is 7.08. The lowest BCUT2D eigenvalue weighted by molar-refractivity contribution is 1.08. The minimum absolute atomic E-state index is 0.544. The van der Waals surface area contributed by atoms with Crippen molar-refractivity contribution in [3.05, 3.63) is 21.3 Å². The van der Waals surface area contributed by atoms with Crippen LogP contribution in [0.2, 0.25) is 5.02 Å². The van der Waals surface area contributed by atoms with Gasteiger partial charge in [0, 0.05) is 11.9 Å². The van der Waals surface area contributed by atoms with E-state index >= 15 is 0 Å². The molecular weight excluding hydrogens is 142 g/mol. The van der Waals surface area contributed by atoms with Gasteiger partial charge in [0.1, 0.15) is 0 Å². The molecule has 0 aliphatic carbocycles. The van der Waals surface area contributed by atoms with E-state index in [0.29, 0.717) is 6.54 Å². The van der Waals surface area contributed by atoms with Gasteiger partial charge in [0.15, 0.2) is 0 Å². The van der Waals surface area contributed by atoms with Crippen molar-refractivity contribution >= 4 is 22.9 Å². The average molecular weight is 148 g/mol. The summed E-state index contributed by atoms with van der Waals surface area (Å²) in [4.78, 5) is 0. The Labute approximate surface area is 57.1 Å². The molecule has 0 atom stereocenters. The molecule has 1 aromatic rings. The molecule has 0 fully saturated rings. The summed E-state index contributed by atoms with van der Waals surface area (Å²) in [7, 11) is 0. The lowest BCUT2D eigenvalue weighted by Crippen LogP contribution is -1.93. The Balaban J connectivity index is 2.92. The molecule has 2 N–H and O–H groups in total. The fourth-order valence-electron chi connectivity index (χ4n) is 0.453. The van der Waals surface area contributed by atoms with Crippen molar-refractivity contribution in [3.8, 4) is 0 Å². The lowest BCUT2D eigenvalue weighted by atomic mass is 10.3. The minimum atomic E-state index is 0.544. The van der Waals surface area contributed by atoms with Gasteiger partial charge in [-0.05, 0) is 10.9 Å². The van der Waals surface area contributed by atoms with Crippen molar-refractivity contribution in [1.82, 2.24) is 0 Å². The van der Waals surface area contributed by atoms with Crippen LogP contribution in [0.5, 0.6) is 0 Å². The zero-order valence-corrected chi connectivity index (χ0v) is 5.80. The van der Waals surface area contributed by atoms with Gasteiger partial charge in [-0.3, -0.25) is 0 Å². The molecule has 8 heavy (non-hydrogen) atoms. The van der Waals surface area contributed by atoms with E-state index in [1.807, 2.05) is 10.8 Å². The van der Waals surface area contributed by atoms with E-state index in [-0.39, 0.29) is 0 Å². The van der Waals surface area contributed by atoms with Crippen LogP contribution >= 0.6 is 22.9 Å². The van der Waals surface area contributed by atoms with Crippen LogP contribution in [0.15, 0.2) is 10.8 Å². The van der Waals surface area contributed by atoms with E-state index in [1.54, 1.807) is 11.3 Å². The van der Waals surface area contributed by atoms with Gasteiger partial charge in [0.25, 0.3) is 0 Å². The van der Waals surface area contributed by atoms with Crippen molar-refractivity contribution in [2.75, 3.05) is 0 Å². The molecule has 0 saturated carbocycles. The topological polar surface area (TPSA) is 26.0 Å². The first-order valence-electron chi connectivity index (χ1n) is 2.25. The van der Waals surface area contributed by atoms with Gasteiger partial charge < -0.3 is 5.73 Å². The van der Waals surface area contributed by atoms with Crippen molar-refractivity contribution in [1.29, 1.82) is 0 Å². The van der Waals surface area contributed by atoms with Gasteiger partial charge in [0.2, 0.25) is 0 Å². The van der Waals surface area contributed by atoms with Crippen LogP contribution in [-0.4, -0.2) is 0 Å². The second kappa shape index (κ2) is 2.49. The third kappa shape index (κ3) is 1.02. The average Bonchev–Trinajstić information content (AvgIpc) is 2.14. The Kier molecular flexibility index (Phi) is 1.89. The van der Waals surface area contributed by atoms with Gasteiger partial charge in [-0.15, -0.1) is 0 Å². The van der Waals surface area contributed by atoms with E-state index in [1.165, 1.54) is 0 Å². The van der Waals surface area contributed by atoms with Crippen LogP contribution in [-0.2, 0) is 6.54 Å². The third-order valence-corrected chi connectivity index (χ3v) is 2.18. The summed E-state index contributed by atoms with van der Waals surface area (Å²) in [5, 5.41) is 4.63. The van der Waals surface area contributed by atoms with E-state index in [2.05, 4.69) is 0 Å². The van der Waals surface area contributed by atoms with Crippen molar-refractivity contribution in [3.63, 3.8) is 0 Å². The maximum absolute atomic E-state index is 5.67. The number of hydrogen-bond donors (Lipinski definition) is 1. The molecule has 0 amide bonds. The standard InChI is InChI=1S/C5H6ClNS/c6-5-3-8-2-4(5)1-7/h2-3H,1,7H2. The van der Waals surface area contributed by atoms with E-state index in [0.717, 1.165) is 10.6 Å². The second-order valence-electron chi connectivity index (χ2n) is 1.45. The number of rotatable bonds is 1. The first kappa shape index (κ1) is 6.08. The highest BCUT2D eigenvalue weighted by Crippen LogP contribution is 2.19. The quantitative estimate of drug-likeness (QED) is 0.645. The van der Waals surface area contributed by atoms with Crippen molar-refractivity contribution in [2.24, 2.45) is 5.73 Å². The number of nitrogens with two attached hydrogens (primary N) is 1. The molecule has 1 aromatic heterocycles. The van der Waals surface area contributed by atoms with Gasteiger partial charge in [0.05, 0.1) is 5.02 Å². The van der Waals surface area contributed by atoms with Gasteiger partial charge in [-0.25, -0.2) is 0 Å². The Hall–Kier alpha value is -0.0500. The summed E-state index contributed by atoms with van der Waals surface area (Å²) in [5.74, 6) is 0. The number of thiophene rings is 1. The van der Waals surface area contributed by atoms with Gasteiger partial charge in [-0.2, -0.15) is 11.3 Å². The highest BCUT2D eigenvalue weighted by atomic mass is 35.5. The molecule has 0 aliphatic heterocycles. The molecular formula is C5H6ClNS. The highest BCUT2D eigenvalue weighted by Gasteiger charge is 1.95. The second-order valence-corrected chi connectivity index (χ2v) is 2.60. The Morgan fingerprint density at radius 2 is 2.38 bits per heavy atom. The van der Waals surface area contributed by atoms with Crippen LogP contribution in [0.25, 0.3) is 0 Å². The summed E-state index contributed by atoms with van der Waals surface area (Å²) < 4.78 is 0. The predicted molar refractivity (Wildman–Crippen MR) is 37.2 cm³/mol. The molecule has 0 unspecified atom stereocenters. The number of hydrogen-bond acceptors (Lipinski definition) is 2. The van der Waals surface area contributed by atoms with Crippen LogP contribution < -0.4 is 5.73 Å². The lowest BCUT2D eigenvalue weighted by Gasteiger charge is -1.86. The molecule has 0 bridgehead atoms. The largest absolute Gasteiger partial charge is 0.326 e. The first-order chi connectivity index (χ1) is 3.84. The van der Waals surface area contributed by atoms with E-state index in [4.69, 9.17) is 17.3 Å². The predicted octanol–water partition coefficient (Wildman–Crippen LogP) is 1.86. The zero-order chi connectivity index (χ0) is 5.98. The molecule has 3 heteroatoms. The summed E-state index contributed by atoms with van der Waals surface area (Å²) in [6, 6.07) is 0. The van der Waals surface area contributed by atoms with Crippen LogP contribution in [0.4, 0.5) is 0 Å². The van der Waals surface area contributed by atoms with Gasteiger partial charge in [-0.1, -0.05) is 11.6 Å². The Morgan fingerprint density at radius 3 is 2.62 bits per heavy atom. The van der Waals surface area contributed by atoms with Crippen LogP contribution in [0.1, 0.15) is 5.56 Å². The summed E-state index contributed by atoms with van der Waals surface area (Å²) in [6.45, 7) is 0.544. The normalized spacial score (nSPS) is 9.75.